The van der Waals surface area contributed by atoms with Crippen molar-refractivity contribution in [3.8, 4) is 0 Å². The molecular weight excluding hydrogens is 196 g/mol. The number of hydrogen-bond acceptors (Lipinski definition) is 4. The predicted molar refractivity (Wildman–Crippen MR) is 43.1 cm³/mol. The molecule has 11 heavy (non-hydrogen) atoms. The third-order valence-corrected chi connectivity index (χ3v) is 0.455. The van der Waals surface area contributed by atoms with Gasteiger partial charge in [0.1, 0.15) is 0 Å². The van der Waals surface area contributed by atoms with Gasteiger partial charge in [0.2, 0.25) is 0 Å². The molecular formula is C6H12CuN2O2. The second-order valence-electron chi connectivity index (χ2n) is 1.27. The minimum atomic E-state index is 0. The minimum Gasteiger partial charge on any atom is -0.788 e. The van der Waals surface area contributed by atoms with Gasteiger partial charge in [-0.25, -0.2) is 0 Å². The number of nitrogens with one attached hydrogen (secondary N) is 2. The molecule has 0 aromatic heterocycles. The molecule has 2 N–H and O–H groups in total. The van der Waals surface area contributed by atoms with Crippen LogP contribution in [0.3, 0.4) is 0 Å². The topological polar surface area (TPSA) is 70.2 Å². The molecule has 0 aromatic rings. The summed E-state index contributed by atoms with van der Waals surface area (Å²) < 4.78 is 0. The van der Waals surface area contributed by atoms with Crippen molar-refractivity contribution in [2.75, 3.05) is 13.1 Å². The van der Waals surface area contributed by atoms with E-state index < -0.39 is 0 Å². The average molecular weight is 208 g/mol. The molecule has 0 atom stereocenters. The molecule has 5 heteroatoms. The van der Waals surface area contributed by atoms with Crippen LogP contribution in [-0.4, -0.2) is 13.1 Å². The molecule has 4 nitrogen and oxygen atoms in total. The number of hydroxylamine groups is 2. The summed E-state index contributed by atoms with van der Waals surface area (Å²) in [6.45, 7) is 7.27. The van der Waals surface area contributed by atoms with Crippen LogP contribution in [0, 0.1) is 10.4 Å². The Balaban J connectivity index is -0.000000107. The molecule has 0 spiro atoms. The smallest absolute Gasteiger partial charge is 0.788 e. The molecule has 0 heterocycles. The molecule has 0 aliphatic carbocycles. The van der Waals surface area contributed by atoms with Crippen LogP contribution < -0.4 is 11.0 Å². The van der Waals surface area contributed by atoms with Crippen molar-refractivity contribution in [2.45, 2.75) is 0 Å². The van der Waals surface area contributed by atoms with Gasteiger partial charge < -0.3 is 21.4 Å². The quantitative estimate of drug-likeness (QED) is 0.401. The summed E-state index contributed by atoms with van der Waals surface area (Å²) in [5, 5.41) is 18.4. The fraction of sp³-hybridized carbons (Fsp3) is 0.333. The summed E-state index contributed by atoms with van der Waals surface area (Å²) in [5.41, 5.74) is 3.30. The van der Waals surface area contributed by atoms with E-state index in [1.807, 2.05) is 0 Å². The molecule has 0 aliphatic heterocycles. The van der Waals surface area contributed by atoms with Crippen LogP contribution in [-0.2, 0) is 17.1 Å². The predicted octanol–water partition coefficient (Wildman–Crippen LogP) is 0.517. The maximum Gasteiger partial charge on any atom is 2.00 e. The van der Waals surface area contributed by atoms with Crippen LogP contribution in [0.25, 0.3) is 0 Å². The summed E-state index contributed by atoms with van der Waals surface area (Å²) in [7, 11) is 0. The Morgan fingerprint density at radius 3 is 1.27 bits per heavy atom. The first kappa shape index (κ1) is 17.1. The van der Waals surface area contributed by atoms with Crippen LogP contribution >= 0.6 is 0 Å². The van der Waals surface area contributed by atoms with E-state index in [0.29, 0.717) is 13.1 Å². The normalized spacial score (nSPS) is 6.73. The fourth-order valence-corrected chi connectivity index (χ4v) is 0.118. The summed E-state index contributed by atoms with van der Waals surface area (Å²) in [4.78, 5) is 0. The molecule has 0 rings (SSSR count). The maximum atomic E-state index is 9.21. The summed E-state index contributed by atoms with van der Waals surface area (Å²) in [5.74, 6) is 0. The van der Waals surface area contributed by atoms with Gasteiger partial charge >= 0.3 is 17.1 Å². The Kier molecular flexibility index (Phi) is 35.0. The first-order valence-corrected chi connectivity index (χ1v) is 2.75. The summed E-state index contributed by atoms with van der Waals surface area (Å²) >= 11 is 0. The number of rotatable bonds is 4. The van der Waals surface area contributed by atoms with E-state index in [9.17, 15) is 10.4 Å². The van der Waals surface area contributed by atoms with Crippen molar-refractivity contribution in [1.82, 2.24) is 11.0 Å². The largest absolute Gasteiger partial charge is 2.00 e. The van der Waals surface area contributed by atoms with Crippen LogP contribution in [0.1, 0.15) is 0 Å². The second kappa shape index (κ2) is 22.5. The Hall–Kier alpha value is -0.161. The van der Waals surface area contributed by atoms with Crippen molar-refractivity contribution in [3.63, 3.8) is 0 Å². The van der Waals surface area contributed by atoms with E-state index >= 15 is 0 Å². The van der Waals surface area contributed by atoms with Gasteiger partial charge in [0, 0.05) is 13.1 Å². The zero-order valence-electron chi connectivity index (χ0n) is 6.10. The first-order chi connectivity index (χ1) is 4.83. The minimum absolute atomic E-state index is 0. The van der Waals surface area contributed by atoms with Crippen molar-refractivity contribution in [1.29, 1.82) is 0 Å². The maximum absolute atomic E-state index is 9.21. The summed E-state index contributed by atoms with van der Waals surface area (Å²) in [6.07, 6.45) is 3.01. The molecule has 1 radical (unpaired) electrons. The molecule has 0 unspecified atom stereocenters. The van der Waals surface area contributed by atoms with Gasteiger partial charge in [-0.05, 0) is 0 Å². The van der Waals surface area contributed by atoms with E-state index in [2.05, 4.69) is 13.2 Å². The second-order valence-corrected chi connectivity index (χ2v) is 1.27. The van der Waals surface area contributed by atoms with Crippen LogP contribution in [0.2, 0.25) is 0 Å². The zero-order valence-corrected chi connectivity index (χ0v) is 7.04. The number of hydrogen-bond donors (Lipinski definition) is 2. The molecule has 0 saturated heterocycles. The van der Waals surface area contributed by atoms with Gasteiger partial charge in [0.15, 0.2) is 0 Å². The fourth-order valence-electron chi connectivity index (χ4n) is 0.118. The first-order valence-electron chi connectivity index (χ1n) is 2.75. The third-order valence-electron chi connectivity index (χ3n) is 0.455. The molecule has 0 aromatic carbocycles. The monoisotopic (exact) mass is 207 g/mol. The van der Waals surface area contributed by atoms with Gasteiger partial charge in [-0.1, -0.05) is 12.2 Å². The van der Waals surface area contributed by atoms with E-state index in [1.54, 1.807) is 11.0 Å². The van der Waals surface area contributed by atoms with Crippen molar-refractivity contribution in [3.05, 3.63) is 35.7 Å². The molecule has 0 bridgehead atoms. The van der Waals surface area contributed by atoms with Gasteiger partial charge in [-0.2, -0.15) is 0 Å². The van der Waals surface area contributed by atoms with Crippen LogP contribution in [0.5, 0.6) is 0 Å². The van der Waals surface area contributed by atoms with Gasteiger partial charge in [0.05, 0.1) is 0 Å². The molecule has 0 fully saturated rings. The van der Waals surface area contributed by atoms with E-state index in [-0.39, 0.29) is 17.1 Å². The van der Waals surface area contributed by atoms with Crippen molar-refractivity contribution < 1.29 is 17.1 Å². The Bertz CT molecular complexity index is 71.0. The van der Waals surface area contributed by atoms with E-state index in [4.69, 9.17) is 0 Å². The standard InChI is InChI=1S/2C3H6NO.Cu/c2*1-2-3-4-5;/h2*2,4H,1,3H2;/q2*-1;+2. The third kappa shape index (κ3) is 41.0. The van der Waals surface area contributed by atoms with Crippen molar-refractivity contribution in [2.24, 2.45) is 0 Å². The molecule has 0 saturated carbocycles. The zero-order chi connectivity index (χ0) is 8.24. The Labute approximate surface area is 77.4 Å². The van der Waals surface area contributed by atoms with Crippen LogP contribution in [0.4, 0.5) is 0 Å². The molecule has 69 valence electrons. The van der Waals surface area contributed by atoms with Crippen LogP contribution in [0.15, 0.2) is 25.3 Å². The molecule has 0 amide bonds. The molecule has 0 aliphatic rings. The summed E-state index contributed by atoms with van der Waals surface area (Å²) in [6, 6.07) is 0. The Morgan fingerprint density at radius 1 is 1.00 bits per heavy atom. The van der Waals surface area contributed by atoms with E-state index in [1.165, 1.54) is 12.2 Å². The van der Waals surface area contributed by atoms with Gasteiger partial charge in [-0.15, -0.1) is 13.2 Å². The average Bonchev–Trinajstić information content (AvgIpc) is 1.93. The van der Waals surface area contributed by atoms with E-state index in [0.717, 1.165) is 0 Å². The SMILES string of the molecule is C=CCN[O-].C=CCN[O-].[Cu+2]. The van der Waals surface area contributed by atoms with Crippen molar-refractivity contribution >= 4 is 0 Å². The van der Waals surface area contributed by atoms with Gasteiger partial charge in [-0.3, -0.25) is 0 Å². The van der Waals surface area contributed by atoms with Gasteiger partial charge in [0.25, 0.3) is 0 Å². The Morgan fingerprint density at radius 2 is 1.27 bits per heavy atom.